The molecule has 22 heavy (non-hydrogen) atoms. The third kappa shape index (κ3) is 6.32. The smallest absolute Gasteiger partial charge is 0.317 e. The highest BCUT2D eigenvalue weighted by Crippen LogP contribution is 2.16. The fourth-order valence-corrected chi connectivity index (χ4v) is 2.78. The van der Waals surface area contributed by atoms with Crippen molar-refractivity contribution in [1.82, 2.24) is 15.1 Å². The van der Waals surface area contributed by atoms with Crippen LogP contribution in [0.25, 0.3) is 0 Å². The van der Waals surface area contributed by atoms with Crippen LogP contribution in [0.5, 0.6) is 0 Å². The van der Waals surface area contributed by atoms with Crippen molar-refractivity contribution in [2.75, 3.05) is 32.7 Å². The first-order chi connectivity index (χ1) is 10.3. The molecule has 0 aromatic heterocycles. The van der Waals surface area contributed by atoms with Gasteiger partial charge in [-0.25, -0.2) is 0 Å². The van der Waals surface area contributed by atoms with Crippen LogP contribution in [0.2, 0.25) is 0 Å². The summed E-state index contributed by atoms with van der Waals surface area (Å²) in [6.07, 6.45) is 1.85. The number of hydrogen-bond donors (Lipinski definition) is 2. The Balaban J connectivity index is 2.35. The molecule has 1 unspecified atom stereocenters. The van der Waals surface area contributed by atoms with Crippen LogP contribution in [0.3, 0.4) is 0 Å². The van der Waals surface area contributed by atoms with E-state index in [2.05, 4.69) is 24.1 Å². The number of nitrogens with one attached hydrogen (secondary N) is 1. The normalized spacial score (nSPS) is 18.6. The number of nitrogens with zero attached hydrogens (tertiary/aromatic N) is 2. The van der Waals surface area contributed by atoms with E-state index in [-0.39, 0.29) is 18.5 Å². The van der Waals surface area contributed by atoms with Crippen LogP contribution in [-0.2, 0) is 9.59 Å². The van der Waals surface area contributed by atoms with Crippen LogP contribution < -0.4 is 5.32 Å². The van der Waals surface area contributed by atoms with Gasteiger partial charge in [0.1, 0.15) is 0 Å². The Morgan fingerprint density at radius 1 is 1.27 bits per heavy atom. The third-order valence-corrected chi connectivity index (χ3v) is 4.57. The first-order valence-corrected chi connectivity index (χ1v) is 8.31. The van der Waals surface area contributed by atoms with E-state index >= 15 is 0 Å². The molecule has 0 aliphatic carbocycles. The summed E-state index contributed by atoms with van der Waals surface area (Å²) in [5, 5.41) is 12.0. The number of piperidine rings is 1. The van der Waals surface area contributed by atoms with E-state index in [4.69, 9.17) is 5.11 Å². The Bertz CT molecular complexity index is 366. The summed E-state index contributed by atoms with van der Waals surface area (Å²) in [5.41, 5.74) is 0. The molecule has 0 spiro atoms. The minimum Gasteiger partial charge on any atom is -0.480 e. The average molecular weight is 313 g/mol. The van der Waals surface area contributed by atoms with E-state index in [1.807, 2.05) is 18.7 Å². The molecule has 0 aromatic carbocycles. The summed E-state index contributed by atoms with van der Waals surface area (Å²) in [5.74, 6) is -0.257. The predicted molar refractivity (Wildman–Crippen MR) is 86.8 cm³/mol. The monoisotopic (exact) mass is 313 g/mol. The number of likely N-dealkylation sites (tertiary alicyclic amines) is 1. The van der Waals surface area contributed by atoms with Gasteiger partial charge in [0.25, 0.3) is 0 Å². The van der Waals surface area contributed by atoms with Gasteiger partial charge < -0.3 is 10.4 Å². The highest BCUT2D eigenvalue weighted by Gasteiger charge is 2.26. The number of aliphatic carboxylic acids is 1. The van der Waals surface area contributed by atoms with Crippen LogP contribution in [0, 0.1) is 5.92 Å². The largest absolute Gasteiger partial charge is 0.480 e. The maximum Gasteiger partial charge on any atom is 0.317 e. The molecule has 1 amide bonds. The molecule has 1 aliphatic heterocycles. The Morgan fingerprint density at radius 3 is 2.32 bits per heavy atom. The van der Waals surface area contributed by atoms with Gasteiger partial charge >= 0.3 is 5.97 Å². The zero-order valence-corrected chi connectivity index (χ0v) is 14.3. The summed E-state index contributed by atoms with van der Waals surface area (Å²) in [4.78, 5) is 27.1. The number of carbonyl (C=O) groups is 2. The predicted octanol–water partition coefficient (Wildman–Crippen LogP) is 1.02. The molecular formula is C16H31N3O3. The van der Waals surface area contributed by atoms with E-state index in [0.29, 0.717) is 18.5 Å². The molecular weight excluding hydrogens is 282 g/mol. The first kappa shape index (κ1) is 18.9. The summed E-state index contributed by atoms with van der Waals surface area (Å²) >= 11 is 0. The van der Waals surface area contributed by atoms with E-state index in [9.17, 15) is 9.59 Å². The maximum atomic E-state index is 12.0. The summed E-state index contributed by atoms with van der Waals surface area (Å²) in [6.45, 7) is 11.2. The fraction of sp³-hybridized carbons (Fsp3) is 0.875. The highest BCUT2D eigenvalue weighted by molar-refractivity contribution is 5.78. The van der Waals surface area contributed by atoms with Gasteiger partial charge in [-0.05, 0) is 32.2 Å². The number of carboxylic acids is 1. The number of carbonyl (C=O) groups excluding carboxylic acids is 1. The highest BCUT2D eigenvalue weighted by atomic mass is 16.4. The van der Waals surface area contributed by atoms with Crippen molar-refractivity contribution >= 4 is 11.9 Å². The standard InChI is InChI=1S/C16H31N3O3/c1-5-19(11-16(21)22)14-6-8-18(9-7-14)10-15(20)17-13(4)12(2)3/h12-14H,5-11H2,1-4H3,(H,17,20)(H,21,22). The van der Waals surface area contributed by atoms with E-state index in [0.717, 1.165) is 32.5 Å². The minimum atomic E-state index is -0.772. The topological polar surface area (TPSA) is 72.9 Å². The molecule has 1 fully saturated rings. The SMILES string of the molecule is CCN(CC(=O)O)C1CCN(CC(=O)NC(C)C(C)C)CC1. The third-order valence-electron chi connectivity index (χ3n) is 4.57. The van der Waals surface area contributed by atoms with Crippen molar-refractivity contribution in [3.8, 4) is 0 Å². The van der Waals surface area contributed by atoms with Crippen molar-refractivity contribution < 1.29 is 14.7 Å². The Hall–Kier alpha value is -1.14. The average Bonchev–Trinajstić information content (AvgIpc) is 2.45. The molecule has 6 nitrogen and oxygen atoms in total. The zero-order chi connectivity index (χ0) is 16.7. The van der Waals surface area contributed by atoms with Crippen LogP contribution in [0.1, 0.15) is 40.5 Å². The molecule has 0 bridgehead atoms. The van der Waals surface area contributed by atoms with Crippen molar-refractivity contribution in [2.45, 2.75) is 52.6 Å². The van der Waals surface area contributed by atoms with Gasteiger partial charge in [-0.2, -0.15) is 0 Å². The molecule has 128 valence electrons. The van der Waals surface area contributed by atoms with Crippen LogP contribution in [-0.4, -0.2) is 71.6 Å². The van der Waals surface area contributed by atoms with Gasteiger partial charge in [-0.1, -0.05) is 20.8 Å². The Labute approximate surface area is 133 Å². The molecule has 0 saturated carbocycles. The number of likely N-dealkylation sites (N-methyl/N-ethyl adjacent to an activating group) is 1. The fourth-order valence-electron chi connectivity index (χ4n) is 2.78. The lowest BCUT2D eigenvalue weighted by Gasteiger charge is -2.37. The van der Waals surface area contributed by atoms with Gasteiger partial charge in [0.2, 0.25) is 5.91 Å². The van der Waals surface area contributed by atoms with Crippen LogP contribution in [0.15, 0.2) is 0 Å². The van der Waals surface area contributed by atoms with Gasteiger partial charge in [-0.3, -0.25) is 19.4 Å². The van der Waals surface area contributed by atoms with Crippen LogP contribution >= 0.6 is 0 Å². The van der Waals surface area contributed by atoms with Gasteiger partial charge in [0.15, 0.2) is 0 Å². The van der Waals surface area contributed by atoms with Crippen molar-refractivity contribution in [3.63, 3.8) is 0 Å². The van der Waals surface area contributed by atoms with E-state index in [1.54, 1.807) is 0 Å². The van der Waals surface area contributed by atoms with Crippen molar-refractivity contribution in [3.05, 3.63) is 0 Å². The second-order valence-corrected chi connectivity index (χ2v) is 6.56. The van der Waals surface area contributed by atoms with Gasteiger partial charge in [0, 0.05) is 25.2 Å². The van der Waals surface area contributed by atoms with Gasteiger partial charge in [0.05, 0.1) is 13.1 Å². The Morgan fingerprint density at radius 2 is 1.86 bits per heavy atom. The lowest BCUT2D eigenvalue weighted by Crippen LogP contribution is -2.49. The molecule has 2 N–H and O–H groups in total. The molecule has 1 atom stereocenters. The Kier molecular flexibility index (Phi) is 7.82. The summed E-state index contributed by atoms with van der Waals surface area (Å²) in [6, 6.07) is 0.506. The zero-order valence-electron chi connectivity index (χ0n) is 14.3. The number of carboxylic acid groups (broad SMARTS) is 1. The second kappa shape index (κ2) is 9.10. The first-order valence-electron chi connectivity index (χ1n) is 8.31. The minimum absolute atomic E-state index is 0.0810. The second-order valence-electron chi connectivity index (χ2n) is 6.56. The van der Waals surface area contributed by atoms with Crippen molar-refractivity contribution in [2.24, 2.45) is 5.92 Å². The molecule has 0 radical (unpaired) electrons. The lowest BCUT2D eigenvalue weighted by molar-refractivity contribution is -0.139. The van der Waals surface area contributed by atoms with Gasteiger partial charge in [-0.15, -0.1) is 0 Å². The quantitative estimate of drug-likeness (QED) is 0.700. The summed E-state index contributed by atoms with van der Waals surface area (Å²) in [7, 11) is 0. The molecule has 1 heterocycles. The summed E-state index contributed by atoms with van der Waals surface area (Å²) < 4.78 is 0. The lowest BCUT2D eigenvalue weighted by atomic mass is 10.0. The molecule has 6 heteroatoms. The molecule has 1 aliphatic rings. The molecule has 0 aromatic rings. The number of hydrogen-bond acceptors (Lipinski definition) is 4. The maximum absolute atomic E-state index is 12.0. The number of amides is 1. The van der Waals surface area contributed by atoms with Crippen molar-refractivity contribution in [1.29, 1.82) is 0 Å². The molecule has 1 saturated heterocycles. The van der Waals surface area contributed by atoms with Crippen LogP contribution in [0.4, 0.5) is 0 Å². The number of rotatable bonds is 8. The van der Waals surface area contributed by atoms with E-state index < -0.39 is 5.97 Å². The van der Waals surface area contributed by atoms with E-state index in [1.165, 1.54) is 0 Å². The molecule has 1 rings (SSSR count).